The zero-order chi connectivity index (χ0) is 23.1. The number of carbonyl (C=O) groups is 2. The van der Waals surface area contributed by atoms with Gasteiger partial charge in [0.05, 0.1) is 0 Å². The molecule has 1 unspecified atom stereocenters. The van der Waals surface area contributed by atoms with Gasteiger partial charge in [0, 0.05) is 36.4 Å². The summed E-state index contributed by atoms with van der Waals surface area (Å²) >= 11 is 8.53. The highest BCUT2D eigenvalue weighted by Crippen LogP contribution is 2.47. The predicted octanol–water partition coefficient (Wildman–Crippen LogP) is 6.59. The van der Waals surface area contributed by atoms with Crippen LogP contribution in [0.15, 0.2) is 53.4 Å². The van der Waals surface area contributed by atoms with E-state index in [0.29, 0.717) is 21.4 Å². The Labute approximate surface area is 233 Å². The van der Waals surface area contributed by atoms with Crippen LogP contribution in [0, 0.1) is 0 Å². The standard InChI is InChI=1S/C22H19NO3S.C2H3I3/c1-23-10-9-22(12-23)13-27-21-19(25)18(24)16-8-7-15(11-17(16)20(21)26-22)14-5-3-2-4-6-14;1-2(3,4)5/h2-8,11H,9-10,12-13H2,1H3;1H3. The average molecular weight is 785 g/mol. The SMILES string of the molecule is CC(I)(I)I.CN1CCC2(CSC3=C(O2)c2cc(-c4ccccc4)ccc2C(=O)C3=O)C1. The first kappa shape index (κ1) is 24.9. The number of hydrogen-bond donors (Lipinski definition) is 0. The number of carbonyl (C=O) groups excluding carboxylic acids is 2. The van der Waals surface area contributed by atoms with Gasteiger partial charge in [-0.15, -0.1) is 11.8 Å². The molecule has 1 atom stereocenters. The van der Waals surface area contributed by atoms with Gasteiger partial charge in [0.2, 0.25) is 11.6 Å². The van der Waals surface area contributed by atoms with Crippen LogP contribution in [0.4, 0.5) is 0 Å². The van der Waals surface area contributed by atoms with Crippen molar-refractivity contribution in [1.29, 1.82) is 0 Å². The third-order valence-corrected chi connectivity index (χ3v) is 6.87. The van der Waals surface area contributed by atoms with E-state index in [1.165, 1.54) is 11.8 Å². The van der Waals surface area contributed by atoms with E-state index in [1.807, 2.05) is 42.5 Å². The third kappa shape index (κ3) is 5.55. The van der Waals surface area contributed by atoms with Crippen LogP contribution in [0.1, 0.15) is 29.3 Å². The first-order chi connectivity index (χ1) is 15.1. The summed E-state index contributed by atoms with van der Waals surface area (Å²) in [5.41, 5.74) is 3.00. The minimum absolute atomic E-state index is 0.279. The highest BCUT2D eigenvalue weighted by Gasteiger charge is 2.47. The first-order valence-corrected chi connectivity index (χ1v) is 14.4. The molecule has 0 bridgehead atoms. The monoisotopic (exact) mass is 785 g/mol. The van der Waals surface area contributed by atoms with Crippen LogP contribution in [0.25, 0.3) is 16.9 Å². The second-order valence-electron chi connectivity index (χ2n) is 8.29. The van der Waals surface area contributed by atoms with Gasteiger partial charge >= 0.3 is 0 Å². The normalized spacial score (nSPS) is 22.8. The van der Waals surface area contributed by atoms with E-state index in [2.05, 4.69) is 86.6 Å². The van der Waals surface area contributed by atoms with Crippen LogP contribution < -0.4 is 0 Å². The lowest BCUT2D eigenvalue weighted by atomic mass is 9.90. The number of Topliss-reactive ketones (excluding diaryl/α,β-unsaturated/α-hetero) is 2. The average Bonchev–Trinajstić information content (AvgIpc) is 3.10. The molecule has 1 spiro atoms. The number of likely N-dealkylation sites (N-methyl/N-ethyl adjacent to an activating group) is 1. The fraction of sp³-hybridized carbons (Fsp3) is 0.333. The number of halogens is 3. The van der Waals surface area contributed by atoms with Gasteiger partial charge in [-0.2, -0.15) is 0 Å². The first-order valence-electron chi connectivity index (χ1n) is 10.2. The Bertz CT molecular complexity index is 1090. The van der Waals surface area contributed by atoms with Crippen LogP contribution >= 0.6 is 79.5 Å². The van der Waals surface area contributed by atoms with Gasteiger partial charge in [0.1, 0.15) is 15.7 Å². The lowest BCUT2D eigenvalue weighted by molar-refractivity contribution is -0.111. The molecule has 4 nitrogen and oxygen atoms in total. The molecule has 0 N–H and O–H groups in total. The number of hydrogen-bond acceptors (Lipinski definition) is 5. The Morgan fingerprint density at radius 1 is 1.00 bits per heavy atom. The zero-order valence-corrected chi connectivity index (χ0v) is 25.0. The number of rotatable bonds is 1. The maximum absolute atomic E-state index is 12.6. The molecule has 8 heteroatoms. The Hall–Kier alpha value is -0.180. The van der Waals surface area contributed by atoms with Crippen LogP contribution in [-0.2, 0) is 9.53 Å². The summed E-state index contributed by atoms with van der Waals surface area (Å²) in [6, 6.07) is 15.7. The molecule has 2 aromatic carbocycles. The van der Waals surface area contributed by atoms with Crippen molar-refractivity contribution < 1.29 is 14.3 Å². The molecule has 0 saturated carbocycles. The largest absolute Gasteiger partial charge is 0.483 e. The highest BCUT2D eigenvalue weighted by atomic mass is 127. The van der Waals surface area contributed by atoms with Crippen molar-refractivity contribution in [2.75, 3.05) is 25.9 Å². The third-order valence-electron chi connectivity index (χ3n) is 5.54. The number of ether oxygens (including phenoxy) is 1. The van der Waals surface area contributed by atoms with Crippen molar-refractivity contribution >= 4 is 96.9 Å². The molecule has 32 heavy (non-hydrogen) atoms. The maximum atomic E-state index is 12.6. The van der Waals surface area contributed by atoms with E-state index in [0.717, 1.165) is 36.2 Å². The molecular weight excluding hydrogens is 763 g/mol. The van der Waals surface area contributed by atoms with E-state index in [1.54, 1.807) is 6.07 Å². The molecule has 1 aliphatic carbocycles. The Balaban J connectivity index is 0.000000444. The second kappa shape index (κ2) is 9.82. The number of likely N-dealkylation sites (tertiary alicyclic amines) is 1. The molecule has 2 aliphatic heterocycles. The minimum Gasteiger partial charge on any atom is -0.483 e. The van der Waals surface area contributed by atoms with Gasteiger partial charge in [-0.25, -0.2) is 0 Å². The van der Waals surface area contributed by atoms with Crippen molar-refractivity contribution in [2.24, 2.45) is 0 Å². The summed E-state index contributed by atoms with van der Waals surface area (Å²) < 4.78 is 6.90. The smallest absolute Gasteiger partial charge is 0.243 e. The van der Waals surface area contributed by atoms with E-state index >= 15 is 0 Å². The summed E-state index contributed by atoms with van der Waals surface area (Å²) in [6.45, 7) is 3.97. The fourth-order valence-corrected chi connectivity index (χ4v) is 5.33. The minimum atomic E-state index is -0.434. The Morgan fingerprint density at radius 2 is 1.69 bits per heavy atom. The lowest BCUT2D eigenvalue weighted by Gasteiger charge is -2.38. The van der Waals surface area contributed by atoms with Gasteiger partial charge in [0.15, 0.2) is 0 Å². The quantitative estimate of drug-likeness (QED) is 0.186. The molecule has 2 aromatic rings. The van der Waals surface area contributed by atoms with E-state index < -0.39 is 11.6 Å². The van der Waals surface area contributed by atoms with Gasteiger partial charge < -0.3 is 9.64 Å². The maximum Gasteiger partial charge on any atom is 0.243 e. The topological polar surface area (TPSA) is 46.6 Å². The number of benzene rings is 2. The molecule has 3 aliphatic rings. The van der Waals surface area contributed by atoms with Gasteiger partial charge in [-0.05, 0) is 37.2 Å². The van der Waals surface area contributed by atoms with Crippen molar-refractivity contribution in [3.63, 3.8) is 0 Å². The van der Waals surface area contributed by atoms with Crippen LogP contribution in [0.3, 0.4) is 0 Å². The van der Waals surface area contributed by atoms with E-state index in [-0.39, 0.29) is 5.60 Å². The summed E-state index contributed by atoms with van der Waals surface area (Å²) in [7, 11) is 2.09. The zero-order valence-electron chi connectivity index (χ0n) is 17.7. The van der Waals surface area contributed by atoms with Crippen molar-refractivity contribution in [3.05, 3.63) is 64.6 Å². The van der Waals surface area contributed by atoms with Crippen LogP contribution in [-0.4, -0.2) is 47.4 Å². The van der Waals surface area contributed by atoms with Gasteiger partial charge in [-0.3, -0.25) is 9.59 Å². The second-order valence-corrected chi connectivity index (χ2v) is 21.9. The molecule has 2 heterocycles. The highest BCUT2D eigenvalue weighted by molar-refractivity contribution is 14.3. The van der Waals surface area contributed by atoms with E-state index in [9.17, 15) is 9.59 Å². The number of nitrogens with zero attached hydrogens (tertiary/aromatic N) is 1. The predicted molar refractivity (Wildman–Crippen MR) is 157 cm³/mol. The summed E-state index contributed by atoms with van der Waals surface area (Å²) in [6.07, 6.45) is 0.934. The fourth-order valence-electron chi connectivity index (χ4n) is 4.12. The molecule has 168 valence electrons. The summed E-state index contributed by atoms with van der Waals surface area (Å²) in [5.74, 6) is 0.442. The van der Waals surface area contributed by atoms with Crippen LogP contribution in [0.5, 0.6) is 0 Å². The lowest BCUT2D eigenvalue weighted by Crippen LogP contribution is -2.42. The molecule has 5 rings (SSSR count). The van der Waals surface area contributed by atoms with Gasteiger partial charge in [0.25, 0.3) is 0 Å². The summed E-state index contributed by atoms with van der Waals surface area (Å²) in [4.78, 5) is 28.0. The Kier molecular flexibility index (Phi) is 7.65. The molecule has 1 saturated heterocycles. The van der Waals surface area contributed by atoms with Crippen LogP contribution in [0.2, 0.25) is 0 Å². The summed E-state index contributed by atoms with van der Waals surface area (Å²) in [5, 5.41) is 0. The van der Waals surface area contributed by atoms with Gasteiger partial charge in [-0.1, -0.05) is 104 Å². The molecule has 0 aromatic heterocycles. The van der Waals surface area contributed by atoms with Crippen molar-refractivity contribution in [2.45, 2.75) is 18.4 Å². The Morgan fingerprint density at radius 3 is 2.31 bits per heavy atom. The molecule has 0 radical (unpaired) electrons. The number of thioether (sulfide) groups is 1. The number of allylic oxidation sites excluding steroid dienone is 1. The van der Waals surface area contributed by atoms with Crippen molar-refractivity contribution in [3.8, 4) is 11.1 Å². The number of fused-ring (bicyclic) bond motifs is 2. The molecule has 0 amide bonds. The van der Waals surface area contributed by atoms with Crippen molar-refractivity contribution in [1.82, 2.24) is 4.90 Å². The number of alkyl halides is 3. The van der Waals surface area contributed by atoms with E-state index in [4.69, 9.17) is 4.74 Å². The molecule has 1 fully saturated rings. The number of ketones is 2. The molecular formula is C24H22I3NO3S.